The van der Waals surface area contributed by atoms with Crippen LogP contribution in [-0.2, 0) is 10.0 Å². The standard InChI is InChI=1S/C13H22N2O2S/c1-4-9-18(16,17)15(8-7-14)13-10-11(2)5-6-12(13)3/h5-6,10H,4,7-9,14H2,1-3H3. The fraction of sp³-hybridized carbons (Fsp3) is 0.538. The molecule has 18 heavy (non-hydrogen) atoms. The Balaban J connectivity index is 3.24. The minimum absolute atomic E-state index is 0.153. The van der Waals surface area contributed by atoms with Gasteiger partial charge in [-0.1, -0.05) is 19.1 Å². The number of nitrogens with zero attached hydrogens (tertiary/aromatic N) is 1. The molecule has 0 aliphatic heterocycles. The molecule has 0 amide bonds. The van der Waals surface area contributed by atoms with Crippen LogP contribution in [0.2, 0.25) is 0 Å². The molecule has 1 aromatic carbocycles. The molecule has 2 N–H and O–H groups in total. The number of benzene rings is 1. The second-order valence-electron chi connectivity index (χ2n) is 4.47. The molecule has 0 unspecified atom stereocenters. The van der Waals surface area contributed by atoms with Gasteiger partial charge < -0.3 is 5.73 Å². The monoisotopic (exact) mass is 270 g/mol. The highest BCUT2D eigenvalue weighted by Gasteiger charge is 2.22. The topological polar surface area (TPSA) is 63.4 Å². The highest BCUT2D eigenvalue weighted by molar-refractivity contribution is 7.92. The van der Waals surface area contributed by atoms with Crippen LogP contribution < -0.4 is 10.0 Å². The summed E-state index contributed by atoms with van der Waals surface area (Å²) in [7, 11) is -3.27. The maximum atomic E-state index is 12.3. The molecule has 0 aliphatic carbocycles. The van der Waals surface area contributed by atoms with Crippen LogP contribution in [0, 0.1) is 13.8 Å². The maximum absolute atomic E-state index is 12.3. The van der Waals surface area contributed by atoms with Gasteiger partial charge in [0.25, 0.3) is 0 Å². The summed E-state index contributed by atoms with van der Waals surface area (Å²) in [5.41, 5.74) is 8.28. The Morgan fingerprint density at radius 1 is 1.28 bits per heavy atom. The number of hydrogen-bond acceptors (Lipinski definition) is 3. The Labute approximate surface area is 110 Å². The average Bonchev–Trinajstić information content (AvgIpc) is 2.29. The summed E-state index contributed by atoms with van der Waals surface area (Å²) < 4.78 is 26.0. The molecule has 0 radical (unpaired) electrons. The summed E-state index contributed by atoms with van der Waals surface area (Å²) >= 11 is 0. The number of anilines is 1. The number of sulfonamides is 1. The van der Waals surface area contributed by atoms with Gasteiger partial charge in [0.2, 0.25) is 10.0 Å². The second-order valence-corrected chi connectivity index (χ2v) is 6.48. The smallest absolute Gasteiger partial charge is 0.235 e. The van der Waals surface area contributed by atoms with Crippen molar-refractivity contribution in [2.75, 3.05) is 23.1 Å². The minimum atomic E-state index is -3.27. The van der Waals surface area contributed by atoms with E-state index in [2.05, 4.69) is 0 Å². The molecule has 0 heterocycles. The number of nitrogens with two attached hydrogens (primary N) is 1. The van der Waals surface area contributed by atoms with Gasteiger partial charge in [0.1, 0.15) is 0 Å². The third-order valence-electron chi connectivity index (χ3n) is 2.76. The van der Waals surface area contributed by atoms with Crippen molar-refractivity contribution in [3.05, 3.63) is 29.3 Å². The van der Waals surface area contributed by atoms with Crippen molar-refractivity contribution in [3.8, 4) is 0 Å². The van der Waals surface area contributed by atoms with Crippen molar-refractivity contribution < 1.29 is 8.42 Å². The van der Waals surface area contributed by atoms with E-state index < -0.39 is 10.0 Å². The van der Waals surface area contributed by atoms with Gasteiger partial charge in [0.15, 0.2) is 0 Å². The molecule has 0 bridgehead atoms. The predicted molar refractivity (Wildman–Crippen MR) is 76.4 cm³/mol. The largest absolute Gasteiger partial charge is 0.329 e. The summed E-state index contributed by atoms with van der Waals surface area (Å²) in [6.07, 6.45) is 0.605. The molecule has 0 fully saturated rings. The third kappa shape index (κ3) is 3.46. The van der Waals surface area contributed by atoms with E-state index in [4.69, 9.17) is 5.73 Å². The van der Waals surface area contributed by atoms with Gasteiger partial charge in [-0.15, -0.1) is 0 Å². The van der Waals surface area contributed by atoms with Crippen LogP contribution in [0.25, 0.3) is 0 Å². The summed E-state index contributed by atoms with van der Waals surface area (Å²) in [6, 6.07) is 5.82. The first kappa shape index (κ1) is 15.0. The number of rotatable bonds is 6. The first-order valence-electron chi connectivity index (χ1n) is 6.20. The number of hydrogen-bond donors (Lipinski definition) is 1. The fourth-order valence-electron chi connectivity index (χ4n) is 1.88. The lowest BCUT2D eigenvalue weighted by Gasteiger charge is -2.25. The normalized spacial score (nSPS) is 11.6. The zero-order valence-electron chi connectivity index (χ0n) is 11.3. The molecule has 5 heteroatoms. The van der Waals surface area contributed by atoms with Crippen molar-refractivity contribution in [2.24, 2.45) is 5.73 Å². The van der Waals surface area contributed by atoms with E-state index in [-0.39, 0.29) is 5.75 Å². The summed E-state index contributed by atoms with van der Waals surface area (Å²) in [6.45, 7) is 6.37. The lowest BCUT2D eigenvalue weighted by Crippen LogP contribution is -2.37. The highest BCUT2D eigenvalue weighted by Crippen LogP contribution is 2.24. The molecule has 1 aromatic rings. The van der Waals surface area contributed by atoms with Crippen LogP contribution in [0.3, 0.4) is 0 Å². The van der Waals surface area contributed by atoms with Crippen LogP contribution >= 0.6 is 0 Å². The molecule has 1 rings (SSSR count). The lowest BCUT2D eigenvalue weighted by molar-refractivity contribution is 0.589. The lowest BCUT2D eigenvalue weighted by atomic mass is 10.1. The summed E-state index contributed by atoms with van der Waals surface area (Å²) in [4.78, 5) is 0. The van der Waals surface area contributed by atoms with Crippen molar-refractivity contribution in [1.29, 1.82) is 0 Å². The first-order chi connectivity index (χ1) is 8.42. The van der Waals surface area contributed by atoms with Crippen LogP contribution in [0.4, 0.5) is 5.69 Å². The molecule has 0 aromatic heterocycles. The first-order valence-corrected chi connectivity index (χ1v) is 7.81. The van der Waals surface area contributed by atoms with Gasteiger partial charge in [-0.3, -0.25) is 4.31 Å². The third-order valence-corrected chi connectivity index (χ3v) is 4.74. The second kappa shape index (κ2) is 6.20. The molecule has 0 saturated carbocycles. The van der Waals surface area contributed by atoms with Gasteiger partial charge in [0.05, 0.1) is 11.4 Å². The predicted octanol–water partition coefficient (Wildman–Crippen LogP) is 1.81. The van der Waals surface area contributed by atoms with Crippen LogP contribution in [0.1, 0.15) is 24.5 Å². The van der Waals surface area contributed by atoms with Gasteiger partial charge >= 0.3 is 0 Å². The molecule has 0 atom stereocenters. The molecular formula is C13H22N2O2S. The van der Waals surface area contributed by atoms with Crippen molar-refractivity contribution >= 4 is 15.7 Å². The average molecular weight is 270 g/mol. The van der Waals surface area contributed by atoms with Crippen LogP contribution in [0.5, 0.6) is 0 Å². The van der Waals surface area contributed by atoms with E-state index in [1.807, 2.05) is 39.0 Å². The minimum Gasteiger partial charge on any atom is -0.329 e. The quantitative estimate of drug-likeness (QED) is 0.857. The SMILES string of the molecule is CCCS(=O)(=O)N(CCN)c1cc(C)ccc1C. The Morgan fingerprint density at radius 3 is 2.50 bits per heavy atom. The van der Waals surface area contributed by atoms with Crippen LogP contribution in [0.15, 0.2) is 18.2 Å². The molecule has 0 spiro atoms. The van der Waals surface area contributed by atoms with Crippen molar-refractivity contribution in [1.82, 2.24) is 0 Å². The molecule has 102 valence electrons. The Bertz CT molecular complexity index is 498. The van der Waals surface area contributed by atoms with E-state index in [1.165, 1.54) is 4.31 Å². The zero-order chi connectivity index (χ0) is 13.8. The van der Waals surface area contributed by atoms with Gasteiger partial charge in [-0.25, -0.2) is 8.42 Å². The Hall–Kier alpha value is -1.07. The zero-order valence-corrected chi connectivity index (χ0v) is 12.1. The molecular weight excluding hydrogens is 248 g/mol. The Kier molecular flexibility index (Phi) is 5.16. The van der Waals surface area contributed by atoms with E-state index in [0.29, 0.717) is 19.5 Å². The van der Waals surface area contributed by atoms with Crippen molar-refractivity contribution in [3.63, 3.8) is 0 Å². The van der Waals surface area contributed by atoms with Crippen LogP contribution in [-0.4, -0.2) is 27.3 Å². The van der Waals surface area contributed by atoms with Gasteiger partial charge in [-0.05, 0) is 37.5 Å². The van der Waals surface area contributed by atoms with E-state index in [0.717, 1.165) is 16.8 Å². The molecule has 0 saturated heterocycles. The fourth-order valence-corrected chi connectivity index (χ4v) is 3.50. The molecule has 0 aliphatic rings. The van der Waals surface area contributed by atoms with Gasteiger partial charge in [0, 0.05) is 13.1 Å². The molecule has 4 nitrogen and oxygen atoms in total. The van der Waals surface area contributed by atoms with E-state index in [1.54, 1.807) is 0 Å². The highest BCUT2D eigenvalue weighted by atomic mass is 32.2. The van der Waals surface area contributed by atoms with Gasteiger partial charge in [-0.2, -0.15) is 0 Å². The van der Waals surface area contributed by atoms with Crippen molar-refractivity contribution in [2.45, 2.75) is 27.2 Å². The summed E-state index contributed by atoms with van der Waals surface area (Å²) in [5.74, 6) is 0.153. The van der Waals surface area contributed by atoms with E-state index >= 15 is 0 Å². The summed E-state index contributed by atoms with van der Waals surface area (Å²) in [5, 5.41) is 0. The van der Waals surface area contributed by atoms with E-state index in [9.17, 15) is 8.42 Å². The number of aryl methyl sites for hydroxylation is 2. The maximum Gasteiger partial charge on any atom is 0.235 e. The Morgan fingerprint density at radius 2 is 1.94 bits per heavy atom.